The van der Waals surface area contributed by atoms with Gasteiger partial charge in [-0.15, -0.1) is 5.10 Å². The van der Waals surface area contributed by atoms with E-state index in [1.807, 2.05) is 19.9 Å². The molecule has 0 spiro atoms. The van der Waals surface area contributed by atoms with Crippen molar-refractivity contribution < 1.29 is 17.9 Å². The maximum absolute atomic E-state index is 13.9. The van der Waals surface area contributed by atoms with Crippen LogP contribution in [0.1, 0.15) is 61.7 Å². The van der Waals surface area contributed by atoms with Crippen LogP contribution in [-0.4, -0.2) is 49.6 Å². The first-order valence-corrected chi connectivity index (χ1v) is 13.9. The summed E-state index contributed by atoms with van der Waals surface area (Å²) < 4.78 is 48.7. The fraction of sp³-hybridized carbons (Fsp3) is 0.414. The maximum atomic E-state index is 13.9. The van der Waals surface area contributed by atoms with E-state index in [2.05, 4.69) is 37.0 Å². The topological polar surface area (TPSA) is 114 Å². The van der Waals surface area contributed by atoms with Crippen LogP contribution in [0.4, 0.5) is 24.5 Å². The number of anilines is 2. The molecule has 2 fully saturated rings. The van der Waals surface area contributed by atoms with Crippen LogP contribution in [0.25, 0.3) is 10.9 Å². The van der Waals surface area contributed by atoms with Crippen molar-refractivity contribution in [3.05, 3.63) is 70.1 Å². The zero-order valence-electron chi connectivity index (χ0n) is 23.1. The number of aryl methyl sites for hydroxylation is 1. The van der Waals surface area contributed by atoms with Crippen molar-refractivity contribution in [1.82, 2.24) is 25.0 Å². The number of benzene rings is 1. The molecule has 3 aromatic heterocycles. The standard InChI is InChI=1S/C29H28ClF3N8O/c1-15-18(4-5-23(31)36-15)26(21-14-41(40-39-21)29(7-8-29)27(32)33)37-17-10-19-24(38-22-6-9-42-28(22,2)3)16(12-34)13-35-25(19)20(30)11-17/h4-5,10-11,13-14,22,26-27,37H,6-9H2,1-3H3,(H,35,38)/t22-,26?/m1/s1. The molecule has 2 atom stereocenters. The van der Waals surface area contributed by atoms with Gasteiger partial charge >= 0.3 is 0 Å². The van der Waals surface area contributed by atoms with E-state index < -0.39 is 29.6 Å². The van der Waals surface area contributed by atoms with Crippen molar-refractivity contribution in [2.75, 3.05) is 17.2 Å². The van der Waals surface area contributed by atoms with Crippen molar-refractivity contribution in [3.63, 3.8) is 0 Å². The van der Waals surface area contributed by atoms with Crippen LogP contribution < -0.4 is 10.6 Å². The Labute approximate surface area is 245 Å². The third-order valence-electron chi connectivity index (χ3n) is 8.23. The Morgan fingerprint density at radius 3 is 2.67 bits per heavy atom. The fourth-order valence-corrected chi connectivity index (χ4v) is 5.79. The zero-order chi connectivity index (χ0) is 29.8. The molecule has 4 heterocycles. The number of hydrogen-bond donors (Lipinski definition) is 2. The second-order valence-corrected chi connectivity index (χ2v) is 11.7. The summed E-state index contributed by atoms with van der Waals surface area (Å²) in [6.07, 6.45) is 1.74. The second kappa shape index (κ2) is 10.4. The largest absolute Gasteiger partial charge is 0.378 e. The first-order chi connectivity index (χ1) is 20.0. The van der Waals surface area contributed by atoms with Gasteiger partial charge in [-0.05, 0) is 58.2 Å². The number of fused-ring (bicyclic) bond motifs is 1. The van der Waals surface area contributed by atoms with Gasteiger partial charge in [0.25, 0.3) is 6.43 Å². The number of nitrogens with one attached hydrogen (secondary N) is 2. The summed E-state index contributed by atoms with van der Waals surface area (Å²) in [6, 6.07) is 7.70. The number of alkyl halides is 2. The van der Waals surface area contributed by atoms with E-state index in [1.165, 1.54) is 23.1 Å². The van der Waals surface area contributed by atoms with Gasteiger partial charge in [-0.2, -0.15) is 9.65 Å². The number of pyridine rings is 2. The first kappa shape index (κ1) is 28.2. The fourth-order valence-electron chi connectivity index (χ4n) is 5.52. The molecule has 6 rings (SSSR count). The van der Waals surface area contributed by atoms with E-state index in [4.69, 9.17) is 16.3 Å². The van der Waals surface area contributed by atoms with Gasteiger partial charge in [0.1, 0.15) is 17.3 Å². The highest BCUT2D eigenvalue weighted by Gasteiger charge is 2.54. The molecule has 1 aromatic carbocycles. The second-order valence-electron chi connectivity index (χ2n) is 11.3. The van der Waals surface area contributed by atoms with E-state index in [0.29, 0.717) is 69.3 Å². The van der Waals surface area contributed by atoms with Crippen LogP contribution >= 0.6 is 11.6 Å². The molecule has 0 bridgehead atoms. The molecule has 1 saturated heterocycles. The number of aromatic nitrogens is 5. The highest BCUT2D eigenvalue weighted by Crippen LogP contribution is 2.48. The number of ether oxygens (including phenoxy) is 1. The molecule has 2 aliphatic rings. The zero-order valence-corrected chi connectivity index (χ0v) is 23.9. The van der Waals surface area contributed by atoms with E-state index in [9.17, 15) is 18.4 Å². The molecule has 1 unspecified atom stereocenters. The van der Waals surface area contributed by atoms with Crippen molar-refractivity contribution in [1.29, 1.82) is 5.26 Å². The number of halogens is 4. The molecule has 0 amide bonds. The van der Waals surface area contributed by atoms with Gasteiger partial charge in [-0.3, -0.25) is 4.98 Å². The Kier molecular flexibility index (Phi) is 6.98. The number of rotatable bonds is 8. The molecule has 1 aliphatic carbocycles. The molecule has 2 N–H and O–H groups in total. The van der Waals surface area contributed by atoms with Gasteiger partial charge in [0, 0.05) is 35.1 Å². The minimum Gasteiger partial charge on any atom is -0.378 e. The number of nitrogens with zero attached hydrogens (tertiary/aromatic N) is 6. The van der Waals surface area contributed by atoms with Crippen molar-refractivity contribution in [2.24, 2.45) is 0 Å². The Bertz CT molecular complexity index is 1720. The van der Waals surface area contributed by atoms with Gasteiger partial charge in [-0.25, -0.2) is 18.4 Å². The van der Waals surface area contributed by atoms with Gasteiger partial charge in [0.15, 0.2) is 0 Å². The Balaban J connectivity index is 1.44. The predicted molar refractivity (Wildman–Crippen MR) is 151 cm³/mol. The van der Waals surface area contributed by atoms with Gasteiger partial charge in [-0.1, -0.05) is 22.9 Å². The van der Waals surface area contributed by atoms with Gasteiger partial charge < -0.3 is 15.4 Å². The average Bonchev–Trinajstić information content (AvgIpc) is 3.49. The molecule has 1 saturated carbocycles. The molecule has 42 heavy (non-hydrogen) atoms. The average molecular weight is 597 g/mol. The normalized spacial score (nSPS) is 19.5. The van der Waals surface area contributed by atoms with Crippen LogP contribution in [-0.2, 0) is 10.3 Å². The van der Waals surface area contributed by atoms with E-state index >= 15 is 0 Å². The quantitative estimate of drug-likeness (QED) is 0.234. The lowest BCUT2D eigenvalue weighted by atomic mass is 9.97. The van der Waals surface area contributed by atoms with Crippen molar-refractivity contribution in [2.45, 2.75) is 69.7 Å². The van der Waals surface area contributed by atoms with Crippen LogP contribution in [0.3, 0.4) is 0 Å². The van der Waals surface area contributed by atoms with Crippen LogP contribution in [0.15, 0.2) is 36.7 Å². The maximum Gasteiger partial charge on any atom is 0.263 e. The Morgan fingerprint density at radius 2 is 2.02 bits per heavy atom. The third-order valence-corrected chi connectivity index (χ3v) is 8.52. The van der Waals surface area contributed by atoms with E-state index in [-0.39, 0.29) is 6.04 Å². The summed E-state index contributed by atoms with van der Waals surface area (Å²) in [4.78, 5) is 8.39. The number of nitriles is 1. The molecular formula is C29H28ClF3N8O. The lowest BCUT2D eigenvalue weighted by Gasteiger charge is -2.28. The van der Waals surface area contributed by atoms with E-state index in [1.54, 1.807) is 19.1 Å². The molecule has 0 radical (unpaired) electrons. The summed E-state index contributed by atoms with van der Waals surface area (Å²) in [6.45, 7) is 6.22. The highest BCUT2D eigenvalue weighted by molar-refractivity contribution is 6.35. The Hall–Kier alpha value is -3.95. The summed E-state index contributed by atoms with van der Waals surface area (Å²) in [5.74, 6) is -0.647. The highest BCUT2D eigenvalue weighted by atomic mass is 35.5. The summed E-state index contributed by atoms with van der Waals surface area (Å²) in [7, 11) is 0. The monoisotopic (exact) mass is 596 g/mol. The summed E-state index contributed by atoms with van der Waals surface area (Å²) in [5, 5.41) is 26.0. The SMILES string of the molecule is Cc1nc(F)ccc1C(Nc1cc(Cl)c2ncc(C#N)c(N[C@@H]3CCOC3(C)C)c2c1)c1cn(C2(C(F)F)CC2)nn1. The third kappa shape index (κ3) is 4.90. The summed E-state index contributed by atoms with van der Waals surface area (Å²) >= 11 is 6.72. The van der Waals surface area contributed by atoms with Gasteiger partial charge in [0.2, 0.25) is 5.95 Å². The minimum atomic E-state index is -2.59. The van der Waals surface area contributed by atoms with Crippen LogP contribution in [0.5, 0.6) is 0 Å². The molecular weight excluding hydrogens is 569 g/mol. The first-order valence-electron chi connectivity index (χ1n) is 13.6. The Morgan fingerprint density at radius 1 is 1.24 bits per heavy atom. The molecule has 9 nitrogen and oxygen atoms in total. The van der Waals surface area contributed by atoms with Crippen molar-refractivity contribution in [3.8, 4) is 6.07 Å². The smallest absolute Gasteiger partial charge is 0.263 e. The minimum absolute atomic E-state index is 0.0640. The molecule has 218 valence electrons. The lowest BCUT2D eigenvalue weighted by molar-refractivity contribution is 0.0315. The van der Waals surface area contributed by atoms with Crippen LogP contribution in [0.2, 0.25) is 5.02 Å². The lowest BCUT2D eigenvalue weighted by Crippen LogP contribution is -2.38. The molecule has 13 heteroatoms. The van der Waals surface area contributed by atoms with Crippen molar-refractivity contribution >= 4 is 33.9 Å². The van der Waals surface area contributed by atoms with Gasteiger partial charge in [0.05, 0.1) is 45.7 Å². The predicted octanol–water partition coefficient (Wildman–Crippen LogP) is 6.13. The summed E-state index contributed by atoms with van der Waals surface area (Å²) in [5.41, 5.74) is 1.45. The van der Waals surface area contributed by atoms with Crippen LogP contribution in [0, 0.1) is 24.2 Å². The van der Waals surface area contributed by atoms with E-state index in [0.717, 1.165) is 6.42 Å². The number of hydrogen-bond acceptors (Lipinski definition) is 8. The molecule has 4 aromatic rings. The molecule has 1 aliphatic heterocycles.